The van der Waals surface area contributed by atoms with Crippen LogP contribution in [0.5, 0.6) is 0 Å². The number of hydrogen-bond acceptors (Lipinski definition) is 2. The Kier molecular flexibility index (Phi) is 4.73. The molecule has 0 saturated carbocycles. The van der Waals surface area contributed by atoms with Crippen molar-refractivity contribution in [3.63, 3.8) is 0 Å². The van der Waals surface area contributed by atoms with Gasteiger partial charge in [-0.1, -0.05) is 34.9 Å². The molecular weight excluding hydrogens is 350 g/mol. The monoisotopic (exact) mass is 359 g/mol. The van der Waals surface area contributed by atoms with Crippen LogP contribution in [0.1, 0.15) is 30.7 Å². The fourth-order valence-corrected chi connectivity index (χ4v) is 2.61. The van der Waals surface area contributed by atoms with Crippen molar-refractivity contribution in [2.75, 3.05) is 0 Å². The smallest absolute Gasteiger partial charge is 0.236 e. The summed E-state index contributed by atoms with van der Waals surface area (Å²) in [6.45, 7) is 3.69. The number of rotatable bonds is 2. The average molecular weight is 360 g/mol. The predicted molar refractivity (Wildman–Crippen MR) is 82.6 cm³/mol. The first-order valence-electron chi connectivity index (χ1n) is 6.34. The second kappa shape index (κ2) is 6.26. The normalized spacial score (nSPS) is 11.2. The van der Waals surface area contributed by atoms with E-state index in [0.717, 1.165) is 17.7 Å². The number of hydrogen-bond donors (Lipinski definition) is 0. The van der Waals surface area contributed by atoms with Gasteiger partial charge < -0.3 is 0 Å². The zero-order valence-electron chi connectivity index (χ0n) is 12.0. The lowest BCUT2D eigenvalue weighted by molar-refractivity contribution is -0.137. The summed E-state index contributed by atoms with van der Waals surface area (Å²) in [5.41, 5.74) is 0.725. The fraction of sp³-hybridized carbons (Fsp3) is 0.200. The van der Waals surface area contributed by atoms with Crippen molar-refractivity contribution >= 4 is 29.3 Å². The first-order valence-corrected chi connectivity index (χ1v) is 7.10. The van der Waals surface area contributed by atoms with Crippen LogP contribution in [0.3, 0.4) is 0 Å². The molecule has 0 fully saturated rings. The first kappa shape index (κ1) is 17.4. The molecule has 0 saturated heterocycles. The van der Waals surface area contributed by atoms with Crippen LogP contribution in [0.15, 0.2) is 23.9 Å². The molecule has 1 aromatic carbocycles. The highest BCUT2D eigenvalue weighted by molar-refractivity contribution is 6.37. The first-order chi connectivity index (χ1) is 10.6. The van der Waals surface area contributed by atoms with E-state index in [1.165, 1.54) is 10.9 Å². The van der Waals surface area contributed by atoms with Crippen molar-refractivity contribution in [2.24, 2.45) is 0 Å². The number of allylic oxidation sites excluding steroid dienone is 1. The second-order valence-electron chi connectivity index (χ2n) is 5.00. The van der Waals surface area contributed by atoms with Crippen molar-refractivity contribution in [2.45, 2.75) is 20.0 Å². The van der Waals surface area contributed by atoms with Gasteiger partial charge >= 0.3 is 6.18 Å². The Morgan fingerprint density at radius 2 is 1.83 bits per heavy atom. The highest BCUT2D eigenvalue weighted by atomic mass is 35.5. The minimum Gasteiger partial charge on any atom is -0.236 e. The Morgan fingerprint density at radius 1 is 1.26 bits per heavy atom. The number of aromatic nitrogens is 2. The predicted octanol–water partition coefficient (Wildman–Crippen LogP) is 5.49. The lowest BCUT2D eigenvalue weighted by Gasteiger charge is -2.12. The summed E-state index contributed by atoms with van der Waals surface area (Å²) in [5.74, 6) is 0. The van der Waals surface area contributed by atoms with E-state index in [9.17, 15) is 13.2 Å². The van der Waals surface area contributed by atoms with Crippen LogP contribution in [0.2, 0.25) is 10.0 Å². The third kappa shape index (κ3) is 3.69. The maximum Gasteiger partial charge on any atom is 0.416 e. The van der Waals surface area contributed by atoms with E-state index in [-0.39, 0.29) is 21.4 Å². The zero-order chi connectivity index (χ0) is 17.4. The summed E-state index contributed by atoms with van der Waals surface area (Å²) < 4.78 is 39.5. The largest absolute Gasteiger partial charge is 0.416 e. The molecule has 0 spiro atoms. The molecule has 0 bridgehead atoms. The van der Waals surface area contributed by atoms with E-state index in [1.54, 1.807) is 6.08 Å². The molecule has 2 aromatic rings. The number of nitrogens with zero attached hydrogens (tertiary/aromatic N) is 3. The standard InChI is InChI=1S/C15H10Cl2F3N3/c1-8(2)3-9-7-23(22-13(9)6-21)14-11(16)4-10(5-12(14)17)15(18,19)20/h3-5,7H,1-2H3. The van der Waals surface area contributed by atoms with Crippen molar-refractivity contribution < 1.29 is 13.2 Å². The van der Waals surface area contributed by atoms with Crippen molar-refractivity contribution in [3.8, 4) is 11.8 Å². The van der Waals surface area contributed by atoms with E-state index >= 15 is 0 Å². The highest BCUT2D eigenvalue weighted by Gasteiger charge is 2.32. The van der Waals surface area contributed by atoms with Gasteiger partial charge in [0.15, 0.2) is 5.69 Å². The van der Waals surface area contributed by atoms with Gasteiger partial charge in [0.05, 0.1) is 15.6 Å². The van der Waals surface area contributed by atoms with E-state index in [1.807, 2.05) is 19.9 Å². The van der Waals surface area contributed by atoms with E-state index in [4.69, 9.17) is 28.5 Å². The van der Waals surface area contributed by atoms with Gasteiger partial charge in [-0.25, -0.2) is 4.68 Å². The molecule has 1 heterocycles. The van der Waals surface area contributed by atoms with E-state index in [0.29, 0.717) is 5.56 Å². The third-order valence-electron chi connectivity index (χ3n) is 2.87. The van der Waals surface area contributed by atoms with Crippen LogP contribution in [-0.2, 0) is 6.18 Å². The van der Waals surface area contributed by atoms with Crippen LogP contribution in [0, 0.1) is 11.3 Å². The van der Waals surface area contributed by atoms with Crippen LogP contribution in [-0.4, -0.2) is 9.78 Å². The van der Waals surface area contributed by atoms with Gasteiger partial charge in [-0.3, -0.25) is 0 Å². The summed E-state index contributed by atoms with van der Waals surface area (Å²) in [6, 6.07) is 3.47. The van der Waals surface area contributed by atoms with Gasteiger partial charge in [-0.05, 0) is 26.0 Å². The summed E-state index contributed by atoms with van der Waals surface area (Å²) in [7, 11) is 0. The quantitative estimate of drug-likeness (QED) is 0.710. The van der Waals surface area contributed by atoms with Gasteiger partial charge in [0.25, 0.3) is 0 Å². The average Bonchev–Trinajstić information content (AvgIpc) is 2.78. The second-order valence-corrected chi connectivity index (χ2v) is 5.81. The molecule has 8 heteroatoms. The van der Waals surface area contributed by atoms with E-state index in [2.05, 4.69) is 5.10 Å². The molecule has 0 atom stereocenters. The Balaban J connectivity index is 2.62. The number of benzene rings is 1. The molecule has 1 aromatic heterocycles. The topological polar surface area (TPSA) is 41.6 Å². The third-order valence-corrected chi connectivity index (χ3v) is 3.44. The van der Waals surface area contributed by atoms with Crippen LogP contribution in [0.25, 0.3) is 11.8 Å². The number of nitriles is 1. The molecular formula is C15H10Cl2F3N3. The Bertz CT molecular complexity index is 802. The minimum absolute atomic E-state index is 0.0891. The molecule has 23 heavy (non-hydrogen) atoms. The van der Waals surface area contributed by atoms with Gasteiger partial charge in [0.1, 0.15) is 11.8 Å². The molecule has 120 valence electrons. The van der Waals surface area contributed by atoms with Crippen molar-refractivity contribution in [1.82, 2.24) is 9.78 Å². The van der Waals surface area contributed by atoms with Gasteiger partial charge in [-0.2, -0.15) is 23.5 Å². The van der Waals surface area contributed by atoms with Crippen molar-refractivity contribution in [1.29, 1.82) is 5.26 Å². The number of alkyl halides is 3. The maximum absolute atomic E-state index is 12.8. The van der Waals surface area contributed by atoms with Gasteiger partial charge in [0.2, 0.25) is 0 Å². The Hall–Kier alpha value is -1.97. The summed E-state index contributed by atoms with van der Waals surface area (Å²) in [5, 5.41) is 12.7. The van der Waals surface area contributed by atoms with Crippen LogP contribution >= 0.6 is 23.2 Å². The summed E-state index contributed by atoms with van der Waals surface area (Å²) >= 11 is 11.9. The molecule has 0 unspecified atom stereocenters. The Labute approximate surface area is 140 Å². The van der Waals surface area contributed by atoms with E-state index < -0.39 is 11.7 Å². The fourth-order valence-electron chi connectivity index (χ4n) is 1.95. The van der Waals surface area contributed by atoms with Crippen LogP contribution < -0.4 is 0 Å². The molecule has 0 amide bonds. The lowest BCUT2D eigenvalue weighted by atomic mass is 10.2. The molecule has 3 nitrogen and oxygen atoms in total. The molecule has 0 aliphatic rings. The summed E-state index contributed by atoms with van der Waals surface area (Å²) in [4.78, 5) is 0. The maximum atomic E-state index is 12.8. The van der Waals surface area contributed by atoms with Gasteiger partial charge in [-0.15, -0.1) is 0 Å². The zero-order valence-corrected chi connectivity index (χ0v) is 13.6. The Morgan fingerprint density at radius 3 is 2.26 bits per heavy atom. The number of halogens is 5. The molecule has 2 rings (SSSR count). The highest BCUT2D eigenvalue weighted by Crippen LogP contribution is 2.37. The molecule has 0 aliphatic carbocycles. The minimum atomic E-state index is -4.55. The summed E-state index contributed by atoms with van der Waals surface area (Å²) in [6.07, 6.45) is -1.33. The molecule has 0 radical (unpaired) electrons. The van der Waals surface area contributed by atoms with Gasteiger partial charge in [0, 0.05) is 11.8 Å². The lowest BCUT2D eigenvalue weighted by Crippen LogP contribution is -2.07. The SMILES string of the molecule is CC(C)=Cc1cn(-c2c(Cl)cc(C(F)(F)F)cc2Cl)nc1C#N. The van der Waals surface area contributed by atoms with Crippen molar-refractivity contribution in [3.05, 3.63) is 50.8 Å². The molecule has 0 aliphatic heterocycles. The van der Waals surface area contributed by atoms with Crippen LogP contribution in [0.4, 0.5) is 13.2 Å². The molecule has 0 N–H and O–H groups in total.